The van der Waals surface area contributed by atoms with Crippen LogP contribution in [0.3, 0.4) is 0 Å². The van der Waals surface area contributed by atoms with Crippen LogP contribution in [0.15, 0.2) is 11.4 Å². The van der Waals surface area contributed by atoms with Crippen LogP contribution >= 0.6 is 11.3 Å². The second kappa shape index (κ2) is 7.42. The summed E-state index contributed by atoms with van der Waals surface area (Å²) in [6.45, 7) is 2.53. The number of aliphatic hydroxyl groups is 1. The van der Waals surface area contributed by atoms with Crippen molar-refractivity contribution in [3.63, 3.8) is 0 Å². The summed E-state index contributed by atoms with van der Waals surface area (Å²) in [5.41, 5.74) is 0.911. The van der Waals surface area contributed by atoms with E-state index in [0.29, 0.717) is 17.9 Å². The van der Waals surface area contributed by atoms with Gasteiger partial charge in [0.1, 0.15) is 0 Å². The second-order valence-corrected chi connectivity index (χ2v) is 4.72. The zero-order valence-electron chi connectivity index (χ0n) is 10.2. The van der Waals surface area contributed by atoms with Crippen LogP contribution in [0.4, 0.5) is 0 Å². The van der Waals surface area contributed by atoms with Gasteiger partial charge in [0, 0.05) is 25.3 Å². The molecule has 96 valence electrons. The minimum Gasteiger partial charge on any atom is -0.396 e. The van der Waals surface area contributed by atoms with Gasteiger partial charge in [-0.15, -0.1) is 11.3 Å². The van der Waals surface area contributed by atoms with E-state index in [1.54, 1.807) is 7.11 Å². The lowest BCUT2D eigenvalue weighted by molar-refractivity contribution is 0.0929. The van der Waals surface area contributed by atoms with Gasteiger partial charge >= 0.3 is 0 Å². The Labute approximate surface area is 106 Å². The molecular weight excluding hydrogens is 238 g/mol. The summed E-state index contributed by atoms with van der Waals surface area (Å²) in [5.74, 6) is -0.0765. The Bertz CT molecular complexity index is 351. The topological polar surface area (TPSA) is 58.6 Å². The zero-order chi connectivity index (χ0) is 12.7. The molecule has 1 atom stereocenters. The van der Waals surface area contributed by atoms with Crippen molar-refractivity contribution < 1.29 is 14.6 Å². The average molecular weight is 257 g/mol. The average Bonchev–Trinajstić information content (AvgIpc) is 2.77. The first-order chi connectivity index (χ1) is 8.22. The molecule has 5 heteroatoms. The van der Waals surface area contributed by atoms with E-state index in [-0.39, 0.29) is 18.6 Å². The number of amides is 1. The summed E-state index contributed by atoms with van der Waals surface area (Å²) in [6.07, 6.45) is 1.41. The number of carbonyl (C=O) groups excluding carboxylic acids is 1. The Morgan fingerprint density at radius 3 is 3.00 bits per heavy atom. The summed E-state index contributed by atoms with van der Waals surface area (Å²) < 4.78 is 5.04. The maximum absolute atomic E-state index is 12.0. The molecule has 0 aromatic carbocycles. The Balaban J connectivity index is 2.64. The Morgan fingerprint density at radius 2 is 2.41 bits per heavy atom. The highest BCUT2D eigenvalue weighted by Gasteiger charge is 2.16. The highest BCUT2D eigenvalue weighted by molar-refractivity contribution is 7.12. The highest BCUT2D eigenvalue weighted by atomic mass is 32.1. The third-order valence-corrected chi connectivity index (χ3v) is 3.51. The number of nitrogens with one attached hydrogen (secondary N) is 1. The number of hydrogen-bond acceptors (Lipinski definition) is 4. The Kier molecular flexibility index (Phi) is 6.18. The lowest BCUT2D eigenvalue weighted by Gasteiger charge is -2.15. The van der Waals surface area contributed by atoms with Crippen molar-refractivity contribution in [2.45, 2.75) is 32.4 Å². The number of rotatable bonds is 7. The maximum atomic E-state index is 12.0. The van der Waals surface area contributed by atoms with Gasteiger partial charge in [-0.2, -0.15) is 0 Å². The van der Waals surface area contributed by atoms with Crippen molar-refractivity contribution >= 4 is 17.2 Å². The van der Waals surface area contributed by atoms with E-state index in [9.17, 15) is 4.79 Å². The van der Waals surface area contributed by atoms with E-state index in [4.69, 9.17) is 9.84 Å². The molecule has 2 N–H and O–H groups in total. The molecule has 0 saturated carbocycles. The first kappa shape index (κ1) is 14.2. The molecular formula is C12H19NO3S. The van der Waals surface area contributed by atoms with Crippen LogP contribution in [0, 0.1) is 0 Å². The molecule has 1 amide bonds. The van der Waals surface area contributed by atoms with E-state index < -0.39 is 0 Å². The lowest BCUT2D eigenvalue weighted by Crippen LogP contribution is -2.35. The molecule has 0 radical (unpaired) electrons. The molecule has 0 aliphatic heterocycles. The summed E-state index contributed by atoms with van der Waals surface area (Å²) >= 11 is 1.41. The van der Waals surface area contributed by atoms with Gasteiger partial charge in [0.25, 0.3) is 5.91 Å². The Hall–Kier alpha value is -0.910. The van der Waals surface area contributed by atoms with Gasteiger partial charge in [-0.3, -0.25) is 4.79 Å². The zero-order valence-corrected chi connectivity index (χ0v) is 11.0. The molecule has 1 rings (SSSR count). The molecule has 0 spiro atoms. The molecule has 0 bridgehead atoms. The molecule has 1 aromatic rings. The van der Waals surface area contributed by atoms with E-state index in [0.717, 1.165) is 12.0 Å². The summed E-state index contributed by atoms with van der Waals surface area (Å²) in [7, 11) is 1.61. The van der Waals surface area contributed by atoms with Gasteiger partial charge in [0.05, 0.1) is 11.5 Å². The molecule has 0 aliphatic carbocycles. The fourth-order valence-corrected chi connectivity index (χ4v) is 2.40. The van der Waals surface area contributed by atoms with Crippen molar-refractivity contribution in [1.82, 2.24) is 5.32 Å². The van der Waals surface area contributed by atoms with Crippen molar-refractivity contribution in [2.75, 3.05) is 13.7 Å². The summed E-state index contributed by atoms with van der Waals surface area (Å²) in [4.78, 5) is 12.7. The fraction of sp³-hybridized carbons (Fsp3) is 0.583. The second-order valence-electron chi connectivity index (χ2n) is 3.80. The molecule has 0 fully saturated rings. The van der Waals surface area contributed by atoms with Crippen LogP contribution in [0.25, 0.3) is 0 Å². The Morgan fingerprint density at radius 1 is 1.65 bits per heavy atom. The number of methoxy groups -OCH3 is 1. The molecule has 1 aromatic heterocycles. The first-order valence-electron chi connectivity index (χ1n) is 5.69. The van der Waals surface area contributed by atoms with Crippen LogP contribution in [-0.4, -0.2) is 30.8 Å². The van der Waals surface area contributed by atoms with Gasteiger partial charge in [0.15, 0.2) is 0 Å². The number of aliphatic hydroxyl groups excluding tert-OH is 1. The largest absolute Gasteiger partial charge is 0.396 e. The minimum atomic E-state index is -0.0765. The van der Waals surface area contributed by atoms with Crippen molar-refractivity contribution in [1.29, 1.82) is 0 Å². The minimum absolute atomic E-state index is 0.0324. The molecule has 1 unspecified atom stereocenters. The van der Waals surface area contributed by atoms with Crippen LogP contribution in [-0.2, 0) is 11.3 Å². The predicted molar refractivity (Wildman–Crippen MR) is 68.3 cm³/mol. The van der Waals surface area contributed by atoms with Crippen molar-refractivity contribution in [3.05, 3.63) is 21.9 Å². The third kappa shape index (κ3) is 4.11. The van der Waals surface area contributed by atoms with E-state index in [2.05, 4.69) is 5.32 Å². The molecule has 0 aliphatic rings. The predicted octanol–water partition coefficient (Wildman–Crippen LogP) is 1.79. The quantitative estimate of drug-likeness (QED) is 0.783. The van der Waals surface area contributed by atoms with Gasteiger partial charge < -0.3 is 15.2 Å². The van der Waals surface area contributed by atoms with E-state index in [1.807, 2.05) is 18.4 Å². The first-order valence-corrected chi connectivity index (χ1v) is 6.57. The number of hydrogen-bond donors (Lipinski definition) is 2. The maximum Gasteiger partial charge on any atom is 0.261 e. The monoisotopic (exact) mass is 257 g/mol. The van der Waals surface area contributed by atoms with Gasteiger partial charge in [-0.05, 0) is 24.3 Å². The van der Waals surface area contributed by atoms with Crippen molar-refractivity contribution in [2.24, 2.45) is 0 Å². The van der Waals surface area contributed by atoms with E-state index >= 15 is 0 Å². The van der Waals surface area contributed by atoms with E-state index in [1.165, 1.54) is 11.3 Å². The summed E-state index contributed by atoms with van der Waals surface area (Å²) in [5, 5.41) is 13.7. The van der Waals surface area contributed by atoms with Gasteiger partial charge in [-0.1, -0.05) is 6.92 Å². The number of carbonyl (C=O) groups is 1. The fourth-order valence-electron chi connectivity index (χ4n) is 1.59. The van der Waals surface area contributed by atoms with Gasteiger partial charge in [0.2, 0.25) is 0 Å². The smallest absolute Gasteiger partial charge is 0.261 e. The standard InChI is InChI=1S/C12H19NO3S/c1-3-10(4-6-14)13-12(15)11-9(8-16-2)5-7-17-11/h5,7,10,14H,3-4,6,8H2,1-2H3,(H,13,15). The normalized spacial score (nSPS) is 12.4. The van der Waals surface area contributed by atoms with Crippen LogP contribution in [0.2, 0.25) is 0 Å². The highest BCUT2D eigenvalue weighted by Crippen LogP contribution is 2.18. The van der Waals surface area contributed by atoms with Crippen LogP contribution in [0.1, 0.15) is 35.0 Å². The third-order valence-electron chi connectivity index (χ3n) is 2.56. The van der Waals surface area contributed by atoms with Crippen molar-refractivity contribution in [3.8, 4) is 0 Å². The number of ether oxygens (including phenoxy) is 1. The molecule has 17 heavy (non-hydrogen) atoms. The lowest BCUT2D eigenvalue weighted by atomic mass is 10.1. The summed E-state index contributed by atoms with van der Waals surface area (Å²) in [6, 6.07) is 1.93. The van der Waals surface area contributed by atoms with Crippen LogP contribution in [0.5, 0.6) is 0 Å². The molecule has 0 saturated heterocycles. The molecule has 1 heterocycles. The van der Waals surface area contributed by atoms with Crippen LogP contribution < -0.4 is 5.32 Å². The van der Waals surface area contributed by atoms with Gasteiger partial charge in [-0.25, -0.2) is 0 Å². The SMILES string of the molecule is CCC(CCO)NC(=O)c1sccc1COC. The molecule has 4 nitrogen and oxygen atoms in total. The number of thiophene rings is 1.